The van der Waals surface area contributed by atoms with Gasteiger partial charge in [0.1, 0.15) is 0 Å². The maximum atomic E-state index is 3.95. The van der Waals surface area contributed by atoms with Gasteiger partial charge in [-0.25, -0.2) is 0 Å². The van der Waals surface area contributed by atoms with Crippen LogP contribution in [0.1, 0.15) is 195 Å². The van der Waals surface area contributed by atoms with Gasteiger partial charge >= 0.3 is 0 Å². The number of benzene rings is 4. The third-order valence-corrected chi connectivity index (χ3v) is 19.2. The highest BCUT2D eigenvalue weighted by molar-refractivity contribution is 8.03. The Kier molecular flexibility index (Phi) is 29.6. The largest absolute Gasteiger partial charge is 0.125 e. The zero-order valence-electron chi connectivity index (χ0n) is 40.1. The molecule has 0 aliphatic rings. The van der Waals surface area contributed by atoms with Crippen molar-refractivity contribution in [1.29, 1.82) is 0 Å². The summed E-state index contributed by atoms with van der Waals surface area (Å²) in [7, 11) is 0. The van der Waals surface area contributed by atoms with Crippen molar-refractivity contribution in [3.63, 3.8) is 0 Å². The van der Waals surface area contributed by atoms with Crippen LogP contribution in [0, 0.1) is 0 Å². The Balaban J connectivity index is 1.93. The molecule has 4 rings (SSSR count). The third kappa shape index (κ3) is 19.0. The summed E-state index contributed by atoms with van der Waals surface area (Å²) in [6, 6.07) is 16.0. The third-order valence-electron chi connectivity index (χ3n) is 12.0. The molecular formula is C56H86S6. The molecule has 0 saturated heterocycles. The van der Waals surface area contributed by atoms with Gasteiger partial charge in [0.15, 0.2) is 0 Å². The topological polar surface area (TPSA) is 0 Å². The van der Waals surface area contributed by atoms with E-state index in [9.17, 15) is 0 Å². The van der Waals surface area contributed by atoms with Crippen LogP contribution >= 0.6 is 70.6 Å². The summed E-state index contributed by atoms with van der Waals surface area (Å²) in [6.45, 7) is 15.6. The molecule has 0 radical (unpaired) electrons. The number of allylic oxidation sites excluding steroid dienone is 1. The van der Waals surface area contributed by atoms with Gasteiger partial charge in [-0.1, -0.05) is 150 Å². The summed E-state index contributed by atoms with van der Waals surface area (Å²) in [5.41, 5.74) is 0. The monoisotopic (exact) mass is 951 g/mol. The molecule has 4 aromatic carbocycles. The highest BCUT2D eigenvalue weighted by Gasteiger charge is 2.19. The fraction of sp³-hybridized carbons (Fsp3) is 0.643. The molecule has 62 heavy (non-hydrogen) atoms. The van der Waals surface area contributed by atoms with Crippen molar-refractivity contribution in [2.24, 2.45) is 0 Å². The predicted molar refractivity (Wildman–Crippen MR) is 297 cm³/mol. The number of fused-ring (bicyclic) bond motifs is 6. The molecule has 0 amide bonds. The van der Waals surface area contributed by atoms with Gasteiger partial charge in [0.05, 0.1) is 0 Å². The molecule has 0 unspecified atom stereocenters. The van der Waals surface area contributed by atoms with E-state index in [2.05, 4.69) is 154 Å². The predicted octanol–water partition coefficient (Wildman–Crippen LogP) is 21.7. The first-order valence-corrected chi connectivity index (χ1v) is 31.4. The molecule has 0 bridgehead atoms. The van der Waals surface area contributed by atoms with Crippen LogP contribution in [0.25, 0.3) is 32.3 Å². The molecule has 0 nitrogen and oxygen atoms in total. The van der Waals surface area contributed by atoms with Gasteiger partial charge in [0.25, 0.3) is 0 Å². The minimum Gasteiger partial charge on any atom is -0.125 e. The Hall–Kier alpha value is -0.500. The summed E-state index contributed by atoms with van der Waals surface area (Å²) in [4.78, 5) is 9.09. The van der Waals surface area contributed by atoms with E-state index in [0.29, 0.717) is 0 Å². The number of unbranched alkanes of at least 4 members (excludes halogenated alkanes) is 19. The Morgan fingerprint density at radius 2 is 0.484 bits per heavy atom. The second kappa shape index (κ2) is 33.9. The van der Waals surface area contributed by atoms with Gasteiger partial charge < -0.3 is 0 Å². The smallest absolute Gasteiger partial charge is 0.0215 e. The summed E-state index contributed by atoms with van der Waals surface area (Å²) in [5.74, 6) is 7.26. The van der Waals surface area contributed by atoms with E-state index in [4.69, 9.17) is 0 Å². The minimum absolute atomic E-state index is 1.15. The molecule has 346 valence electrons. The lowest BCUT2D eigenvalue weighted by molar-refractivity contribution is 0.678. The van der Waals surface area contributed by atoms with Gasteiger partial charge in [0.2, 0.25) is 0 Å². The van der Waals surface area contributed by atoms with Crippen molar-refractivity contribution in [3.05, 3.63) is 49.1 Å². The second-order valence-corrected chi connectivity index (χ2v) is 24.2. The molecule has 0 saturated carbocycles. The zero-order valence-corrected chi connectivity index (χ0v) is 45.0. The van der Waals surface area contributed by atoms with E-state index >= 15 is 0 Å². The van der Waals surface area contributed by atoms with Crippen molar-refractivity contribution >= 4 is 103 Å². The quantitative estimate of drug-likeness (QED) is 0.0189. The maximum absolute atomic E-state index is 3.95. The second-order valence-electron chi connectivity index (χ2n) is 17.4. The zero-order chi connectivity index (χ0) is 44.0. The Bertz CT molecular complexity index is 1780. The van der Waals surface area contributed by atoms with Crippen LogP contribution < -0.4 is 0 Å². The van der Waals surface area contributed by atoms with Crippen LogP contribution in [0.3, 0.4) is 0 Å². The standard InChI is InChI=1S/C56H86S6/c1-7-13-19-25-26-32-38-62-56-44-50-48-42-54(60-36-30-23-17-11-5)52(58-34-28-21-15-9-3)40-46(48)45-39-51(57-33-27-20-14-8-2)53(59-35-29-22-16-10-4)41-47(45)49(50)43-55(56)61-37-31-24-18-12-6/h7,39-44H,1,8-38H2,2-6H3. The highest BCUT2D eigenvalue weighted by Crippen LogP contribution is 2.47. The van der Waals surface area contributed by atoms with E-state index < -0.39 is 0 Å². The molecule has 0 spiro atoms. The van der Waals surface area contributed by atoms with Crippen molar-refractivity contribution in [3.8, 4) is 0 Å². The summed E-state index contributed by atoms with van der Waals surface area (Å²) < 4.78 is 0. The van der Waals surface area contributed by atoms with Gasteiger partial charge in [-0.2, -0.15) is 0 Å². The molecule has 0 fully saturated rings. The van der Waals surface area contributed by atoms with E-state index in [1.807, 2.05) is 0 Å². The van der Waals surface area contributed by atoms with Crippen LogP contribution in [-0.2, 0) is 0 Å². The molecule has 4 aromatic rings. The van der Waals surface area contributed by atoms with Crippen molar-refractivity contribution in [1.82, 2.24) is 0 Å². The fourth-order valence-corrected chi connectivity index (χ4v) is 15.1. The van der Waals surface area contributed by atoms with Crippen LogP contribution in [0.15, 0.2) is 78.4 Å². The summed E-state index contributed by atoms with van der Waals surface area (Å²) >= 11 is 12.8. The first-order valence-electron chi connectivity index (χ1n) is 25.5. The molecule has 0 heterocycles. The Labute approximate surface area is 407 Å². The lowest BCUT2D eigenvalue weighted by Crippen LogP contribution is -1.94. The number of hydrogen-bond donors (Lipinski definition) is 0. The van der Waals surface area contributed by atoms with Gasteiger partial charge in [-0.05, 0) is 155 Å². The molecule has 0 atom stereocenters. The van der Waals surface area contributed by atoms with E-state index in [-0.39, 0.29) is 0 Å². The maximum Gasteiger partial charge on any atom is 0.0215 e. The molecule has 0 aliphatic carbocycles. The number of hydrogen-bond acceptors (Lipinski definition) is 6. The SMILES string of the molecule is C=CCCCCCCSc1cc2c3cc(SCCCCCC)c(SCCCCCC)cc3c3cc(SCCCCCC)c(SCCCCCC)cc3c2cc1SCCCCCC. The van der Waals surface area contributed by atoms with Crippen LogP contribution in [0.4, 0.5) is 0 Å². The van der Waals surface area contributed by atoms with Crippen molar-refractivity contribution < 1.29 is 0 Å². The first kappa shape index (κ1) is 54.1. The number of thioether (sulfide) groups is 6. The Morgan fingerprint density at radius 1 is 0.290 bits per heavy atom. The molecule has 0 aromatic heterocycles. The molecular weight excluding hydrogens is 865 g/mol. The first-order chi connectivity index (χ1) is 30.6. The van der Waals surface area contributed by atoms with Crippen LogP contribution in [0.5, 0.6) is 0 Å². The lowest BCUT2D eigenvalue weighted by Gasteiger charge is -2.20. The average Bonchev–Trinajstić information content (AvgIpc) is 3.28. The fourth-order valence-electron chi connectivity index (χ4n) is 8.17. The Morgan fingerprint density at radius 3 is 0.677 bits per heavy atom. The van der Waals surface area contributed by atoms with Crippen LogP contribution in [0.2, 0.25) is 0 Å². The highest BCUT2D eigenvalue weighted by atomic mass is 32.2. The van der Waals surface area contributed by atoms with Gasteiger partial charge in [-0.15, -0.1) is 77.2 Å². The normalized spacial score (nSPS) is 11.8. The summed E-state index contributed by atoms with van der Waals surface area (Å²) in [6.07, 6.45) is 34.9. The van der Waals surface area contributed by atoms with E-state index in [1.54, 1.807) is 0 Å². The lowest BCUT2D eigenvalue weighted by atomic mass is 9.94. The minimum atomic E-state index is 1.15. The van der Waals surface area contributed by atoms with Gasteiger partial charge in [-0.3, -0.25) is 0 Å². The summed E-state index contributed by atoms with van der Waals surface area (Å²) in [5, 5.41) is 8.85. The molecule has 6 heteroatoms. The van der Waals surface area contributed by atoms with E-state index in [0.717, 1.165) is 6.42 Å². The van der Waals surface area contributed by atoms with Crippen LogP contribution in [-0.4, -0.2) is 34.5 Å². The van der Waals surface area contributed by atoms with E-state index in [1.165, 1.54) is 250 Å². The van der Waals surface area contributed by atoms with Crippen molar-refractivity contribution in [2.45, 2.75) is 225 Å². The molecule has 0 N–H and O–H groups in total. The molecule has 0 aliphatic heterocycles. The van der Waals surface area contributed by atoms with Crippen molar-refractivity contribution in [2.75, 3.05) is 34.5 Å². The number of rotatable bonds is 38. The average molecular weight is 952 g/mol. The van der Waals surface area contributed by atoms with Gasteiger partial charge in [0, 0.05) is 29.4 Å².